The number of benzene rings is 2. The van der Waals surface area contributed by atoms with Crippen LogP contribution in [0.4, 0.5) is 29.1 Å². The number of ether oxygens (including phenoxy) is 1. The largest absolute Gasteiger partial charge is 0.461 e. The van der Waals surface area contributed by atoms with E-state index in [1.54, 1.807) is 17.7 Å². The minimum absolute atomic E-state index is 0.0201. The summed E-state index contributed by atoms with van der Waals surface area (Å²) in [5.41, 5.74) is 4.06. The Kier molecular flexibility index (Phi) is 6.87. The molecule has 3 aliphatic heterocycles. The first-order chi connectivity index (χ1) is 21.4. The zero-order valence-electron chi connectivity index (χ0n) is 25.3. The van der Waals surface area contributed by atoms with Crippen molar-refractivity contribution in [3.63, 3.8) is 0 Å². The molecule has 0 aliphatic carbocycles. The number of alkyl halides is 3. The molecule has 2 unspecified atom stereocenters. The number of fused-ring (bicyclic) bond motifs is 4. The summed E-state index contributed by atoms with van der Waals surface area (Å²) in [4.78, 5) is 13.2. The molecule has 2 aromatic heterocycles. The number of nitrogens with one attached hydrogen (secondary N) is 1. The van der Waals surface area contributed by atoms with Gasteiger partial charge in [0.15, 0.2) is 5.82 Å². The second-order valence-electron chi connectivity index (χ2n) is 12.9. The van der Waals surface area contributed by atoms with Gasteiger partial charge in [-0.3, -0.25) is 4.90 Å². The van der Waals surface area contributed by atoms with Gasteiger partial charge >= 0.3 is 12.2 Å². The van der Waals surface area contributed by atoms with E-state index >= 15 is 4.39 Å². The van der Waals surface area contributed by atoms with Crippen LogP contribution < -0.4 is 20.7 Å². The number of piperazine rings is 1. The minimum Gasteiger partial charge on any atom is -0.461 e. The molecule has 4 aromatic rings. The van der Waals surface area contributed by atoms with Crippen LogP contribution in [0.3, 0.4) is 0 Å². The Bertz CT molecular complexity index is 1870. The van der Waals surface area contributed by atoms with Crippen LogP contribution in [0, 0.1) is 17.1 Å². The molecule has 236 valence electrons. The SMILES string of the molecule is CN1CCC[C@@]1(C)COc1nc(N2CC3CCC(C2)N3)c2cc(C(F)(F)F)c(-c3cn(C)c4ccc(N)c(C#N)c34)c(F)c2n1. The van der Waals surface area contributed by atoms with E-state index in [0.29, 0.717) is 18.6 Å². The summed E-state index contributed by atoms with van der Waals surface area (Å²) in [6.45, 7) is 4.25. The van der Waals surface area contributed by atoms with E-state index in [1.165, 1.54) is 12.3 Å². The van der Waals surface area contributed by atoms with Gasteiger partial charge in [-0.25, -0.2) is 4.39 Å². The molecule has 3 N–H and O–H groups in total. The molecule has 2 aromatic carbocycles. The molecule has 0 amide bonds. The number of hydrogen-bond donors (Lipinski definition) is 2. The van der Waals surface area contributed by atoms with Crippen LogP contribution in [0.5, 0.6) is 6.01 Å². The van der Waals surface area contributed by atoms with E-state index < -0.39 is 23.1 Å². The summed E-state index contributed by atoms with van der Waals surface area (Å²) in [6.07, 6.45) is 0.239. The number of nitrogens with zero attached hydrogens (tertiary/aromatic N) is 6. The molecule has 9 nitrogen and oxygen atoms in total. The van der Waals surface area contributed by atoms with Crippen LogP contribution >= 0.6 is 0 Å². The normalized spacial score (nSPS) is 23.7. The highest BCUT2D eigenvalue weighted by Gasteiger charge is 2.40. The first-order valence-corrected chi connectivity index (χ1v) is 15.1. The van der Waals surface area contributed by atoms with Gasteiger partial charge in [0.1, 0.15) is 24.0 Å². The Morgan fingerprint density at radius 3 is 2.56 bits per heavy atom. The summed E-state index contributed by atoms with van der Waals surface area (Å²) < 4.78 is 69.4. The number of aryl methyl sites for hydroxylation is 1. The van der Waals surface area contributed by atoms with Crippen molar-refractivity contribution in [1.29, 1.82) is 5.26 Å². The molecule has 45 heavy (non-hydrogen) atoms. The van der Waals surface area contributed by atoms with Crippen molar-refractivity contribution in [1.82, 2.24) is 24.8 Å². The van der Waals surface area contributed by atoms with Crippen LogP contribution in [0.15, 0.2) is 24.4 Å². The van der Waals surface area contributed by atoms with Gasteiger partial charge in [-0.15, -0.1) is 0 Å². The number of halogens is 4. The average Bonchev–Trinajstić information content (AvgIpc) is 3.64. The summed E-state index contributed by atoms with van der Waals surface area (Å²) in [5.74, 6) is -0.941. The fourth-order valence-corrected chi connectivity index (χ4v) is 7.33. The number of nitrogens with two attached hydrogens (primary N) is 1. The van der Waals surface area contributed by atoms with Gasteiger partial charge in [0.05, 0.1) is 22.4 Å². The number of rotatable bonds is 5. The fraction of sp³-hybridized carbons (Fsp3) is 0.469. The van der Waals surface area contributed by atoms with E-state index in [0.717, 1.165) is 38.3 Å². The Morgan fingerprint density at radius 1 is 1.18 bits per heavy atom. The summed E-state index contributed by atoms with van der Waals surface area (Å²) >= 11 is 0. The molecular weight excluding hydrogens is 588 g/mol. The molecule has 0 saturated carbocycles. The second kappa shape index (κ2) is 10.5. The number of anilines is 2. The van der Waals surface area contributed by atoms with Crippen molar-refractivity contribution in [2.45, 2.75) is 56.4 Å². The van der Waals surface area contributed by atoms with Gasteiger partial charge in [-0.05, 0) is 64.4 Å². The number of nitrogen functional groups attached to an aromatic ring is 1. The number of likely N-dealkylation sites (tertiary alicyclic amines) is 1. The molecular formula is C32H34F4N8O. The van der Waals surface area contributed by atoms with E-state index in [1.807, 2.05) is 18.0 Å². The van der Waals surface area contributed by atoms with Gasteiger partial charge < -0.3 is 25.3 Å². The van der Waals surface area contributed by atoms with Crippen LogP contribution in [0.1, 0.15) is 43.7 Å². The van der Waals surface area contributed by atoms with Gasteiger partial charge in [0, 0.05) is 65.8 Å². The third-order valence-electron chi connectivity index (χ3n) is 9.92. The first kappa shape index (κ1) is 29.6. The third-order valence-corrected chi connectivity index (χ3v) is 9.92. The molecule has 3 saturated heterocycles. The van der Waals surface area contributed by atoms with Gasteiger partial charge in [0.25, 0.3) is 0 Å². The minimum atomic E-state index is -4.93. The maximum Gasteiger partial charge on any atom is 0.417 e. The highest BCUT2D eigenvalue weighted by molar-refractivity contribution is 6.05. The van der Waals surface area contributed by atoms with Crippen LogP contribution in [0.2, 0.25) is 0 Å². The van der Waals surface area contributed by atoms with Gasteiger partial charge in [-0.2, -0.15) is 28.4 Å². The lowest BCUT2D eigenvalue weighted by atomic mass is 9.93. The number of nitriles is 1. The van der Waals surface area contributed by atoms with Crippen molar-refractivity contribution in [3.05, 3.63) is 41.3 Å². The smallest absolute Gasteiger partial charge is 0.417 e. The molecule has 0 spiro atoms. The quantitative estimate of drug-likeness (QED) is 0.231. The monoisotopic (exact) mass is 622 g/mol. The molecule has 7 rings (SSSR count). The maximum absolute atomic E-state index is 17.0. The van der Waals surface area contributed by atoms with Gasteiger partial charge in [0.2, 0.25) is 0 Å². The van der Waals surface area contributed by atoms with Crippen LogP contribution in [-0.4, -0.2) is 70.3 Å². The molecule has 13 heteroatoms. The zero-order valence-corrected chi connectivity index (χ0v) is 25.3. The zero-order chi connectivity index (χ0) is 31.8. The summed E-state index contributed by atoms with van der Waals surface area (Å²) in [5, 5.41) is 13.5. The molecule has 3 aliphatic rings. The standard InChI is InChI=1S/C32H34F4N8O/c1-31(9-4-10-43(31)3)16-45-30-40-28-19(29(41-30)44-13-17-5-6-18(14-44)39-17)11-22(32(34,35)36)26(27(28)33)21-15-42(2)24-8-7-23(38)20(12-37)25(21)24/h7-8,11,15,17-18,39H,4-6,9-10,13-14,16,38H2,1-3H3/t17?,18?,31-/m0/s1. The van der Waals surface area contributed by atoms with Crippen molar-refractivity contribution in [3.8, 4) is 23.2 Å². The van der Waals surface area contributed by atoms with Crippen molar-refractivity contribution in [2.24, 2.45) is 7.05 Å². The first-order valence-electron chi connectivity index (χ1n) is 15.1. The highest BCUT2D eigenvalue weighted by Crippen LogP contribution is 2.46. The Morgan fingerprint density at radius 2 is 1.91 bits per heavy atom. The number of hydrogen-bond acceptors (Lipinski definition) is 8. The Hall–Kier alpha value is -4.15. The van der Waals surface area contributed by atoms with Crippen molar-refractivity contribution in [2.75, 3.05) is 43.9 Å². The highest BCUT2D eigenvalue weighted by atomic mass is 19.4. The van der Waals surface area contributed by atoms with Crippen LogP contribution in [-0.2, 0) is 13.2 Å². The molecule has 0 radical (unpaired) electrons. The number of likely N-dealkylation sites (N-methyl/N-ethyl adjacent to an activating group) is 1. The molecule has 3 atom stereocenters. The molecule has 3 fully saturated rings. The third kappa shape index (κ3) is 4.82. The fourth-order valence-electron chi connectivity index (χ4n) is 7.33. The second-order valence-corrected chi connectivity index (χ2v) is 12.9. The predicted octanol–water partition coefficient (Wildman–Crippen LogP) is 5.20. The predicted molar refractivity (Wildman–Crippen MR) is 163 cm³/mol. The van der Waals surface area contributed by atoms with E-state index in [2.05, 4.69) is 27.1 Å². The van der Waals surface area contributed by atoms with Crippen molar-refractivity contribution >= 4 is 33.3 Å². The lowest BCUT2D eigenvalue weighted by Gasteiger charge is -2.35. The lowest BCUT2D eigenvalue weighted by molar-refractivity contribution is -0.137. The maximum atomic E-state index is 17.0. The van der Waals surface area contributed by atoms with Crippen LogP contribution in [0.25, 0.3) is 32.9 Å². The van der Waals surface area contributed by atoms with E-state index in [9.17, 15) is 18.4 Å². The topological polar surface area (TPSA) is 108 Å². The Labute approximate surface area is 257 Å². The Balaban J connectivity index is 1.48. The average molecular weight is 623 g/mol. The van der Waals surface area contributed by atoms with E-state index in [4.69, 9.17) is 10.5 Å². The van der Waals surface area contributed by atoms with E-state index in [-0.39, 0.29) is 69.2 Å². The summed E-state index contributed by atoms with van der Waals surface area (Å²) in [6, 6.07) is 6.28. The lowest BCUT2D eigenvalue weighted by Crippen LogP contribution is -2.51. The molecule has 2 bridgehead atoms. The van der Waals surface area contributed by atoms with Gasteiger partial charge in [-0.1, -0.05) is 0 Å². The molecule has 5 heterocycles. The summed E-state index contributed by atoms with van der Waals surface area (Å²) in [7, 11) is 3.64. The van der Waals surface area contributed by atoms with Crippen molar-refractivity contribution < 1.29 is 22.3 Å². The number of aromatic nitrogens is 3.